The summed E-state index contributed by atoms with van der Waals surface area (Å²) in [5.41, 5.74) is 10.0. The quantitative estimate of drug-likeness (QED) is 0.879. The molecule has 1 heterocycles. The second kappa shape index (κ2) is 6.88. The Morgan fingerprint density at radius 2 is 1.91 bits per heavy atom. The number of benzene rings is 2. The SMILES string of the molecule is Nc1ccc(CSCC(=O)N2CCCc3ccccc32)cc1. The number of nitrogen functional groups attached to an aromatic ring is 1. The van der Waals surface area contributed by atoms with E-state index in [-0.39, 0.29) is 5.91 Å². The molecule has 0 atom stereocenters. The van der Waals surface area contributed by atoms with E-state index in [1.54, 1.807) is 11.8 Å². The third-order valence-electron chi connectivity index (χ3n) is 3.89. The molecule has 0 aromatic heterocycles. The number of para-hydroxylation sites is 1. The molecule has 0 saturated heterocycles. The van der Waals surface area contributed by atoms with Crippen LogP contribution >= 0.6 is 11.8 Å². The maximum absolute atomic E-state index is 12.5. The molecule has 1 aliphatic rings. The number of hydrogen-bond acceptors (Lipinski definition) is 3. The Bertz CT molecular complexity index is 654. The minimum Gasteiger partial charge on any atom is -0.399 e. The average Bonchev–Trinajstić information content (AvgIpc) is 2.56. The fraction of sp³-hybridized carbons (Fsp3) is 0.278. The normalized spacial score (nSPS) is 13.7. The van der Waals surface area contributed by atoms with Crippen molar-refractivity contribution in [2.75, 3.05) is 22.9 Å². The smallest absolute Gasteiger partial charge is 0.236 e. The van der Waals surface area contributed by atoms with Crippen LogP contribution in [0.1, 0.15) is 17.5 Å². The van der Waals surface area contributed by atoms with Gasteiger partial charge in [-0.15, -0.1) is 11.8 Å². The predicted octanol–water partition coefficient (Wildman–Crippen LogP) is 3.48. The van der Waals surface area contributed by atoms with Crippen LogP contribution in [0.5, 0.6) is 0 Å². The monoisotopic (exact) mass is 312 g/mol. The van der Waals surface area contributed by atoms with Gasteiger partial charge in [0.1, 0.15) is 0 Å². The molecule has 3 nitrogen and oxygen atoms in total. The van der Waals surface area contributed by atoms with Crippen molar-refractivity contribution in [1.29, 1.82) is 0 Å². The zero-order chi connectivity index (χ0) is 15.4. The highest BCUT2D eigenvalue weighted by Gasteiger charge is 2.21. The first-order valence-electron chi connectivity index (χ1n) is 7.54. The van der Waals surface area contributed by atoms with E-state index in [9.17, 15) is 4.79 Å². The number of carbonyl (C=O) groups excluding carboxylic acids is 1. The van der Waals surface area contributed by atoms with Gasteiger partial charge in [-0.05, 0) is 42.2 Å². The van der Waals surface area contributed by atoms with Crippen molar-refractivity contribution in [3.63, 3.8) is 0 Å². The predicted molar refractivity (Wildman–Crippen MR) is 94.1 cm³/mol. The van der Waals surface area contributed by atoms with E-state index in [0.29, 0.717) is 5.75 Å². The van der Waals surface area contributed by atoms with Crippen LogP contribution in [0.25, 0.3) is 0 Å². The number of anilines is 2. The van der Waals surface area contributed by atoms with Crippen molar-refractivity contribution < 1.29 is 4.79 Å². The third kappa shape index (κ3) is 3.45. The van der Waals surface area contributed by atoms with Gasteiger partial charge in [0.25, 0.3) is 0 Å². The molecular formula is C18H20N2OS. The molecule has 2 aromatic rings. The van der Waals surface area contributed by atoms with E-state index in [4.69, 9.17) is 5.73 Å². The van der Waals surface area contributed by atoms with Gasteiger partial charge in [0.05, 0.1) is 5.75 Å². The molecule has 0 aliphatic carbocycles. The lowest BCUT2D eigenvalue weighted by Crippen LogP contribution is -2.36. The molecule has 1 aliphatic heterocycles. The summed E-state index contributed by atoms with van der Waals surface area (Å²) in [5, 5.41) is 0. The Balaban J connectivity index is 1.58. The van der Waals surface area contributed by atoms with Crippen LogP contribution < -0.4 is 10.6 Å². The number of aryl methyl sites for hydroxylation is 1. The first-order chi connectivity index (χ1) is 10.7. The number of hydrogen-bond donors (Lipinski definition) is 1. The summed E-state index contributed by atoms with van der Waals surface area (Å²) in [7, 11) is 0. The van der Waals surface area contributed by atoms with Crippen molar-refractivity contribution in [2.24, 2.45) is 0 Å². The molecule has 4 heteroatoms. The molecule has 0 unspecified atom stereocenters. The van der Waals surface area contributed by atoms with Gasteiger partial charge < -0.3 is 10.6 Å². The standard InChI is InChI=1S/C18H20N2OS/c19-16-9-7-14(8-10-16)12-22-13-18(21)20-11-3-5-15-4-1-2-6-17(15)20/h1-2,4,6-10H,3,5,11-13,19H2. The Morgan fingerprint density at radius 1 is 1.14 bits per heavy atom. The van der Waals surface area contributed by atoms with Crippen LogP contribution in [0.3, 0.4) is 0 Å². The van der Waals surface area contributed by atoms with Crippen molar-refractivity contribution in [2.45, 2.75) is 18.6 Å². The molecule has 22 heavy (non-hydrogen) atoms. The number of amides is 1. The van der Waals surface area contributed by atoms with Gasteiger partial charge in [-0.25, -0.2) is 0 Å². The fourth-order valence-electron chi connectivity index (χ4n) is 2.74. The van der Waals surface area contributed by atoms with Crippen molar-refractivity contribution >= 4 is 29.0 Å². The summed E-state index contributed by atoms with van der Waals surface area (Å²) in [6.45, 7) is 0.832. The largest absolute Gasteiger partial charge is 0.399 e. The van der Waals surface area contributed by atoms with Crippen LogP contribution in [0.2, 0.25) is 0 Å². The van der Waals surface area contributed by atoms with Gasteiger partial charge in [-0.2, -0.15) is 0 Å². The summed E-state index contributed by atoms with van der Waals surface area (Å²) < 4.78 is 0. The average molecular weight is 312 g/mol. The number of carbonyl (C=O) groups is 1. The number of rotatable bonds is 4. The zero-order valence-electron chi connectivity index (χ0n) is 12.5. The van der Waals surface area contributed by atoms with Gasteiger partial charge in [-0.3, -0.25) is 4.79 Å². The summed E-state index contributed by atoms with van der Waals surface area (Å²) in [6, 6.07) is 16.1. The Hall–Kier alpha value is -1.94. The molecule has 114 valence electrons. The van der Waals surface area contributed by atoms with Gasteiger partial charge >= 0.3 is 0 Å². The second-order valence-electron chi connectivity index (χ2n) is 5.51. The van der Waals surface area contributed by atoms with E-state index < -0.39 is 0 Å². The maximum Gasteiger partial charge on any atom is 0.236 e. The topological polar surface area (TPSA) is 46.3 Å². The molecule has 0 spiro atoms. The van der Waals surface area contributed by atoms with Crippen LogP contribution in [-0.4, -0.2) is 18.2 Å². The van der Waals surface area contributed by atoms with E-state index in [1.807, 2.05) is 41.3 Å². The maximum atomic E-state index is 12.5. The van der Waals surface area contributed by atoms with Crippen LogP contribution in [0, 0.1) is 0 Å². The lowest BCUT2D eigenvalue weighted by atomic mass is 10.0. The second-order valence-corrected chi connectivity index (χ2v) is 6.50. The fourth-order valence-corrected chi connectivity index (χ4v) is 3.60. The van der Waals surface area contributed by atoms with Crippen LogP contribution in [0.4, 0.5) is 11.4 Å². The first-order valence-corrected chi connectivity index (χ1v) is 8.70. The highest BCUT2D eigenvalue weighted by atomic mass is 32.2. The van der Waals surface area contributed by atoms with E-state index in [0.717, 1.165) is 36.5 Å². The van der Waals surface area contributed by atoms with Crippen molar-refractivity contribution in [3.05, 3.63) is 59.7 Å². The van der Waals surface area contributed by atoms with E-state index in [2.05, 4.69) is 12.1 Å². The summed E-state index contributed by atoms with van der Waals surface area (Å²) in [5.74, 6) is 1.55. The number of thioether (sulfide) groups is 1. The summed E-state index contributed by atoms with van der Waals surface area (Å²) >= 11 is 1.66. The van der Waals surface area contributed by atoms with Crippen molar-refractivity contribution in [1.82, 2.24) is 0 Å². The van der Waals surface area contributed by atoms with Gasteiger partial charge in [0.15, 0.2) is 0 Å². The lowest BCUT2D eigenvalue weighted by Gasteiger charge is -2.29. The van der Waals surface area contributed by atoms with Crippen molar-refractivity contribution in [3.8, 4) is 0 Å². The summed E-state index contributed by atoms with van der Waals surface area (Å²) in [4.78, 5) is 14.4. The first kappa shape index (κ1) is 15.0. The number of nitrogens with zero attached hydrogens (tertiary/aromatic N) is 1. The minimum absolute atomic E-state index is 0.201. The Labute approximate surface area is 135 Å². The van der Waals surface area contributed by atoms with Crippen LogP contribution in [0.15, 0.2) is 48.5 Å². The van der Waals surface area contributed by atoms with Gasteiger partial charge in [-0.1, -0.05) is 30.3 Å². The minimum atomic E-state index is 0.201. The molecule has 0 bridgehead atoms. The van der Waals surface area contributed by atoms with Gasteiger partial charge in [0.2, 0.25) is 5.91 Å². The number of fused-ring (bicyclic) bond motifs is 1. The van der Waals surface area contributed by atoms with Crippen LogP contribution in [-0.2, 0) is 17.0 Å². The molecule has 0 saturated carbocycles. The highest BCUT2D eigenvalue weighted by Crippen LogP contribution is 2.27. The Morgan fingerprint density at radius 3 is 2.73 bits per heavy atom. The molecule has 1 amide bonds. The molecular weight excluding hydrogens is 292 g/mol. The molecule has 0 radical (unpaired) electrons. The van der Waals surface area contributed by atoms with E-state index >= 15 is 0 Å². The Kier molecular flexibility index (Phi) is 4.68. The lowest BCUT2D eigenvalue weighted by molar-refractivity contribution is -0.116. The molecule has 0 fully saturated rings. The molecule has 3 rings (SSSR count). The highest BCUT2D eigenvalue weighted by molar-refractivity contribution is 7.99. The zero-order valence-corrected chi connectivity index (χ0v) is 13.3. The third-order valence-corrected chi connectivity index (χ3v) is 4.87. The molecule has 2 aromatic carbocycles. The van der Waals surface area contributed by atoms with Gasteiger partial charge in [0, 0.05) is 23.7 Å². The van der Waals surface area contributed by atoms with E-state index in [1.165, 1.54) is 11.1 Å². The number of nitrogens with two attached hydrogens (primary N) is 1. The summed E-state index contributed by atoms with van der Waals surface area (Å²) in [6.07, 6.45) is 2.11. The molecule has 2 N–H and O–H groups in total.